The molecule has 1 saturated carbocycles. The fraction of sp³-hybridized carbons (Fsp3) is 0.857. The number of carboxylic acids is 1. The van der Waals surface area contributed by atoms with Crippen molar-refractivity contribution >= 4 is 11.9 Å². The van der Waals surface area contributed by atoms with Crippen LogP contribution >= 0.6 is 0 Å². The van der Waals surface area contributed by atoms with E-state index in [-0.39, 0.29) is 17.9 Å². The Hall–Kier alpha value is -1.06. The van der Waals surface area contributed by atoms with Crippen molar-refractivity contribution in [2.24, 2.45) is 23.7 Å². The van der Waals surface area contributed by atoms with Crippen LogP contribution < -0.4 is 0 Å². The second kappa shape index (κ2) is 4.90. The maximum Gasteiger partial charge on any atom is 0.307 e. The monoisotopic (exact) mass is 253 g/mol. The highest BCUT2D eigenvalue weighted by atomic mass is 16.4. The summed E-state index contributed by atoms with van der Waals surface area (Å²) in [5.41, 5.74) is 0. The Balaban J connectivity index is 2.10. The molecule has 0 aromatic rings. The smallest absolute Gasteiger partial charge is 0.307 e. The van der Waals surface area contributed by atoms with Gasteiger partial charge in [-0.1, -0.05) is 13.8 Å². The summed E-state index contributed by atoms with van der Waals surface area (Å²) in [6.07, 6.45) is 2.41. The van der Waals surface area contributed by atoms with E-state index in [1.54, 1.807) is 0 Å². The van der Waals surface area contributed by atoms with E-state index in [9.17, 15) is 14.7 Å². The maximum absolute atomic E-state index is 12.5. The Bertz CT molecular complexity index is 355. The zero-order valence-corrected chi connectivity index (χ0v) is 11.4. The van der Waals surface area contributed by atoms with Crippen LogP contribution in [0.3, 0.4) is 0 Å². The molecule has 0 bridgehead atoms. The van der Waals surface area contributed by atoms with E-state index < -0.39 is 11.9 Å². The third-order valence-electron chi connectivity index (χ3n) is 4.50. The van der Waals surface area contributed by atoms with Crippen molar-refractivity contribution in [1.29, 1.82) is 0 Å². The fourth-order valence-corrected chi connectivity index (χ4v) is 3.66. The number of rotatable bonds is 2. The molecule has 1 saturated heterocycles. The predicted octanol–water partition coefficient (Wildman–Crippen LogP) is 1.99. The van der Waals surface area contributed by atoms with E-state index in [1.807, 2.05) is 11.8 Å². The number of nitrogens with zero attached hydrogens (tertiary/aromatic N) is 1. The Morgan fingerprint density at radius 1 is 1.00 bits per heavy atom. The maximum atomic E-state index is 12.5. The molecular weight excluding hydrogens is 230 g/mol. The molecule has 0 radical (unpaired) electrons. The van der Waals surface area contributed by atoms with Gasteiger partial charge in [0.1, 0.15) is 0 Å². The van der Waals surface area contributed by atoms with Gasteiger partial charge in [0.25, 0.3) is 0 Å². The third-order valence-corrected chi connectivity index (χ3v) is 4.50. The van der Waals surface area contributed by atoms with Gasteiger partial charge < -0.3 is 10.0 Å². The van der Waals surface area contributed by atoms with Gasteiger partial charge in [0, 0.05) is 12.6 Å². The molecule has 1 amide bonds. The quantitative estimate of drug-likeness (QED) is 0.818. The Kier molecular flexibility index (Phi) is 3.64. The molecule has 0 spiro atoms. The number of likely N-dealkylation sites (tertiary alicyclic amines) is 1. The van der Waals surface area contributed by atoms with Gasteiger partial charge in [0.2, 0.25) is 5.91 Å². The van der Waals surface area contributed by atoms with Crippen LogP contribution in [-0.2, 0) is 9.59 Å². The molecule has 0 aromatic carbocycles. The molecular formula is C14H23NO3. The lowest BCUT2D eigenvalue weighted by Gasteiger charge is -2.26. The van der Waals surface area contributed by atoms with Gasteiger partial charge in [-0.2, -0.15) is 0 Å². The number of carbonyl (C=O) groups is 2. The summed E-state index contributed by atoms with van der Waals surface area (Å²) in [6.45, 7) is 7.04. The van der Waals surface area contributed by atoms with Crippen LogP contribution in [0, 0.1) is 23.7 Å². The van der Waals surface area contributed by atoms with Gasteiger partial charge in [-0.3, -0.25) is 9.59 Å². The Morgan fingerprint density at radius 2 is 1.61 bits per heavy atom. The van der Waals surface area contributed by atoms with Crippen molar-refractivity contribution in [3.63, 3.8) is 0 Å². The van der Waals surface area contributed by atoms with Crippen LogP contribution in [0.2, 0.25) is 0 Å². The first kappa shape index (κ1) is 13.4. The van der Waals surface area contributed by atoms with Crippen LogP contribution in [0.15, 0.2) is 0 Å². The van der Waals surface area contributed by atoms with E-state index in [0.717, 1.165) is 19.4 Å². The van der Waals surface area contributed by atoms with Gasteiger partial charge in [0.15, 0.2) is 0 Å². The first-order valence-corrected chi connectivity index (χ1v) is 6.93. The lowest BCUT2D eigenvalue weighted by atomic mass is 9.94. The first-order valence-electron chi connectivity index (χ1n) is 6.93. The topological polar surface area (TPSA) is 57.6 Å². The van der Waals surface area contributed by atoms with Crippen molar-refractivity contribution in [2.45, 2.75) is 46.1 Å². The summed E-state index contributed by atoms with van der Waals surface area (Å²) in [4.78, 5) is 25.7. The van der Waals surface area contributed by atoms with Gasteiger partial charge in [0.05, 0.1) is 11.8 Å². The Labute approximate surface area is 108 Å². The van der Waals surface area contributed by atoms with Gasteiger partial charge >= 0.3 is 5.97 Å². The fourth-order valence-electron chi connectivity index (χ4n) is 3.66. The molecule has 1 heterocycles. The lowest BCUT2D eigenvalue weighted by molar-refractivity contribution is -0.149. The minimum atomic E-state index is -0.808. The average Bonchev–Trinajstić information content (AvgIpc) is 2.81. The number of carbonyl (C=O) groups excluding carboxylic acids is 1. The molecule has 1 aliphatic heterocycles. The van der Waals surface area contributed by atoms with Crippen molar-refractivity contribution in [1.82, 2.24) is 4.90 Å². The van der Waals surface area contributed by atoms with E-state index in [0.29, 0.717) is 18.3 Å². The zero-order valence-electron chi connectivity index (χ0n) is 11.4. The number of aliphatic carboxylic acids is 1. The van der Waals surface area contributed by atoms with E-state index in [4.69, 9.17) is 0 Å². The minimum Gasteiger partial charge on any atom is -0.481 e. The van der Waals surface area contributed by atoms with Crippen LogP contribution in [0.25, 0.3) is 0 Å². The summed E-state index contributed by atoms with van der Waals surface area (Å²) in [5, 5.41) is 9.24. The van der Waals surface area contributed by atoms with Crippen molar-refractivity contribution in [3.8, 4) is 0 Å². The third kappa shape index (κ3) is 2.38. The van der Waals surface area contributed by atoms with Crippen molar-refractivity contribution < 1.29 is 14.7 Å². The molecule has 4 nitrogen and oxygen atoms in total. The lowest BCUT2D eigenvalue weighted by Crippen LogP contribution is -2.41. The van der Waals surface area contributed by atoms with E-state index >= 15 is 0 Å². The number of carboxylic acid groups (broad SMARTS) is 1. The summed E-state index contributed by atoms with van der Waals surface area (Å²) in [6, 6.07) is 0.262. The normalized spacial score (nSPS) is 40.2. The highest BCUT2D eigenvalue weighted by Gasteiger charge is 2.44. The standard InChI is InChI=1S/C14H23NO3/c1-8-5-11(12(6-8)14(17)18)13(16)15-7-9(2)4-10(15)3/h8-12H,4-7H2,1-3H3,(H,17,18)/t8?,9?,10?,11-,12+/m0/s1. The highest BCUT2D eigenvalue weighted by molar-refractivity contribution is 5.85. The van der Waals surface area contributed by atoms with Crippen molar-refractivity contribution in [2.75, 3.05) is 6.54 Å². The first-order chi connectivity index (χ1) is 8.40. The predicted molar refractivity (Wildman–Crippen MR) is 68.0 cm³/mol. The number of amides is 1. The van der Waals surface area contributed by atoms with Gasteiger partial charge in [-0.05, 0) is 38.0 Å². The summed E-state index contributed by atoms with van der Waals surface area (Å²) in [5.74, 6) is -0.636. The molecule has 0 aromatic heterocycles. The largest absolute Gasteiger partial charge is 0.481 e. The average molecular weight is 253 g/mol. The van der Waals surface area contributed by atoms with Gasteiger partial charge in [-0.25, -0.2) is 0 Å². The molecule has 2 aliphatic rings. The zero-order chi connectivity index (χ0) is 13.4. The van der Waals surface area contributed by atoms with Crippen LogP contribution in [-0.4, -0.2) is 34.5 Å². The summed E-state index contributed by atoms with van der Waals surface area (Å²) < 4.78 is 0. The molecule has 4 heteroatoms. The molecule has 1 N–H and O–H groups in total. The molecule has 5 atom stereocenters. The Morgan fingerprint density at radius 3 is 2.11 bits per heavy atom. The number of hydrogen-bond acceptors (Lipinski definition) is 2. The van der Waals surface area contributed by atoms with Crippen molar-refractivity contribution in [3.05, 3.63) is 0 Å². The molecule has 102 valence electrons. The van der Waals surface area contributed by atoms with E-state index in [1.165, 1.54) is 0 Å². The minimum absolute atomic E-state index is 0.0728. The second-order valence-electron chi connectivity index (χ2n) is 6.31. The van der Waals surface area contributed by atoms with Crippen LogP contribution in [0.1, 0.15) is 40.0 Å². The molecule has 18 heavy (non-hydrogen) atoms. The van der Waals surface area contributed by atoms with Crippen LogP contribution in [0.5, 0.6) is 0 Å². The molecule has 2 rings (SSSR count). The second-order valence-corrected chi connectivity index (χ2v) is 6.31. The van der Waals surface area contributed by atoms with Crippen LogP contribution in [0.4, 0.5) is 0 Å². The molecule has 3 unspecified atom stereocenters. The summed E-state index contributed by atoms with van der Waals surface area (Å²) >= 11 is 0. The van der Waals surface area contributed by atoms with Gasteiger partial charge in [-0.15, -0.1) is 0 Å². The summed E-state index contributed by atoms with van der Waals surface area (Å²) in [7, 11) is 0. The molecule has 1 aliphatic carbocycles. The SMILES string of the molecule is CC1C[C@H](C(=O)N2CC(C)CC2C)[C@H](C(=O)O)C1. The molecule has 2 fully saturated rings. The highest BCUT2D eigenvalue weighted by Crippen LogP contribution is 2.39. The number of hydrogen-bond donors (Lipinski definition) is 1. The van der Waals surface area contributed by atoms with E-state index in [2.05, 4.69) is 13.8 Å².